The van der Waals surface area contributed by atoms with Crippen LogP contribution in [0.1, 0.15) is 19.8 Å². The van der Waals surface area contributed by atoms with E-state index in [1.165, 1.54) is 11.3 Å². The second-order valence-electron chi connectivity index (χ2n) is 6.51. The summed E-state index contributed by atoms with van der Waals surface area (Å²) < 4.78 is 15.4. The lowest BCUT2D eigenvalue weighted by molar-refractivity contribution is 0.594. The third kappa shape index (κ3) is 3.39. The van der Waals surface area contributed by atoms with Crippen molar-refractivity contribution in [1.82, 2.24) is 19.5 Å². The average Bonchev–Trinajstić information content (AvgIpc) is 3.29. The van der Waals surface area contributed by atoms with E-state index in [0.29, 0.717) is 27.3 Å². The first kappa shape index (κ1) is 18.9. The summed E-state index contributed by atoms with van der Waals surface area (Å²) in [5, 5.41) is 0.772. The molecule has 0 amide bonds. The highest BCUT2D eigenvalue weighted by Crippen LogP contribution is 2.42. The number of aryl methyl sites for hydroxylation is 1. The predicted molar refractivity (Wildman–Crippen MR) is 116 cm³/mol. The molecule has 1 unspecified atom stereocenters. The van der Waals surface area contributed by atoms with Crippen LogP contribution in [0.4, 0.5) is 5.69 Å². The van der Waals surface area contributed by atoms with E-state index in [9.17, 15) is 4.55 Å². The van der Waals surface area contributed by atoms with E-state index in [2.05, 4.69) is 11.9 Å². The maximum Gasteiger partial charge on any atom is 0.232 e. The number of benzene rings is 1. The Morgan fingerprint density at radius 1 is 1.21 bits per heavy atom. The van der Waals surface area contributed by atoms with Gasteiger partial charge in [-0.05, 0) is 17.6 Å². The molecule has 144 valence electrons. The number of hydrogen-bond donors (Lipinski definition) is 1. The van der Waals surface area contributed by atoms with Crippen LogP contribution >= 0.6 is 11.3 Å². The van der Waals surface area contributed by atoms with E-state index >= 15 is 0 Å². The fourth-order valence-corrected chi connectivity index (χ4v) is 5.80. The molecule has 0 radical (unpaired) electrons. The van der Waals surface area contributed by atoms with Crippen molar-refractivity contribution in [3.05, 3.63) is 42.7 Å². The van der Waals surface area contributed by atoms with Crippen LogP contribution in [0.2, 0.25) is 0 Å². The Balaban J connectivity index is 1.95. The lowest BCUT2D eigenvalue weighted by Crippen LogP contribution is -2.07. The SMILES string of the molecule is CCCC[S+]([O-])c1sc2nc(-c3nccn3C)nc(-c3ccccc3)c2c1N. The smallest absolute Gasteiger partial charge is 0.232 e. The molecule has 8 heteroatoms. The van der Waals surface area contributed by atoms with Gasteiger partial charge in [0.15, 0.2) is 11.6 Å². The van der Waals surface area contributed by atoms with Crippen molar-refractivity contribution >= 4 is 38.4 Å². The molecule has 0 bridgehead atoms. The number of fused-ring (bicyclic) bond motifs is 1. The summed E-state index contributed by atoms with van der Waals surface area (Å²) in [5.74, 6) is 1.82. The molecule has 0 aliphatic carbocycles. The van der Waals surface area contributed by atoms with Gasteiger partial charge in [0, 0.05) is 25.0 Å². The summed E-state index contributed by atoms with van der Waals surface area (Å²) in [6, 6.07) is 9.88. The summed E-state index contributed by atoms with van der Waals surface area (Å²) >= 11 is 0.260. The number of unbranched alkanes of at least 4 members (excludes halogenated alkanes) is 1. The first-order valence-corrected chi connectivity index (χ1v) is 11.2. The van der Waals surface area contributed by atoms with Gasteiger partial charge in [-0.25, -0.2) is 15.0 Å². The molecule has 0 saturated heterocycles. The maximum atomic E-state index is 12.8. The highest BCUT2D eigenvalue weighted by atomic mass is 32.2. The van der Waals surface area contributed by atoms with Gasteiger partial charge in [0.25, 0.3) is 0 Å². The number of hydrogen-bond acceptors (Lipinski definition) is 6. The zero-order chi connectivity index (χ0) is 19.7. The molecule has 0 aliphatic rings. The van der Waals surface area contributed by atoms with E-state index in [-0.39, 0.29) is 0 Å². The molecule has 4 aromatic rings. The van der Waals surface area contributed by atoms with E-state index in [0.717, 1.165) is 34.3 Å². The van der Waals surface area contributed by atoms with Crippen molar-refractivity contribution in [2.24, 2.45) is 7.05 Å². The number of nitrogen functional groups attached to an aromatic ring is 1. The molecule has 0 fully saturated rings. The number of imidazole rings is 1. The molecule has 4 rings (SSSR count). The first-order valence-electron chi connectivity index (χ1n) is 9.11. The molecular weight excluding hydrogens is 390 g/mol. The van der Waals surface area contributed by atoms with Crippen LogP contribution in [0.3, 0.4) is 0 Å². The molecule has 0 saturated carbocycles. The average molecular weight is 412 g/mol. The van der Waals surface area contributed by atoms with Gasteiger partial charge in [-0.2, -0.15) is 0 Å². The zero-order valence-electron chi connectivity index (χ0n) is 15.8. The number of thiophene rings is 1. The Kier molecular flexibility index (Phi) is 5.34. The molecule has 3 heterocycles. The number of rotatable bonds is 6. The van der Waals surface area contributed by atoms with Crippen LogP contribution < -0.4 is 5.73 Å². The van der Waals surface area contributed by atoms with Crippen LogP contribution in [-0.2, 0) is 18.2 Å². The van der Waals surface area contributed by atoms with E-state index in [1.807, 2.05) is 48.1 Å². The Hall–Kier alpha value is -2.42. The minimum absolute atomic E-state index is 0.527. The Bertz CT molecular complexity index is 1110. The quantitative estimate of drug-likeness (QED) is 0.479. The van der Waals surface area contributed by atoms with Gasteiger partial charge in [-0.3, -0.25) is 0 Å². The van der Waals surface area contributed by atoms with Crippen LogP contribution in [0.25, 0.3) is 33.1 Å². The highest BCUT2D eigenvalue weighted by molar-refractivity contribution is 7.93. The van der Waals surface area contributed by atoms with Gasteiger partial charge in [-0.15, -0.1) is 0 Å². The van der Waals surface area contributed by atoms with Crippen molar-refractivity contribution in [3.63, 3.8) is 0 Å². The Morgan fingerprint density at radius 2 is 2.00 bits per heavy atom. The lowest BCUT2D eigenvalue weighted by atomic mass is 10.1. The van der Waals surface area contributed by atoms with Gasteiger partial charge < -0.3 is 14.9 Å². The number of aromatic nitrogens is 4. The van der Waals surface area contributed by atoms with E-state index in [4.69, 9.17) is 15.7 Å². The van der Waals surface area contributed by atoms with Crippen LogP contribution in [0.15, 0.2) is 46.9 Å². The molecular formula is C20H21N5OS2. The van der Waals surface area contributed by atoms with Crippen LogP contribution in [-0.4, -0.2) is 29.8 Å². The summed E-state index contributed by atoms with van der Waals surface area (Å²) in [6.07, 6.45) is 5.48. The summed E-state index contributed by atoms with van der Waals surface area (Å²) in [7, 11) is 1.91. The maximum absolute atomic E-state index is 12.8. The van der Waals surface area contributed by atoms with E-state index < -0.39 is 11.2 Å². The standard InChI is InChI=1S/C20H21N5OS2/c1-3-4-12-28(26)20-15(21)14-16(13-8-6-5-7-9-13)23-17(24-19(14)27-20)18-22-10-11-25(18)2/h5-11H,3-4,12,21H2,1-2H3. The summed E-state index contributed by atoms with van der Waals surface area (Å²) in [5.41, 5.74) is 8.68. The van der Waals surface area contributed by atoms with Gasteiger partial charge >= 0.3 is 0 Å². The van der Waals surface area contributed by atoms with Crippen molar-refractivity contribution in [1.29, 1.82) is 0 Å². The Morgan fingerprint density at radius 3 is 2.68 bits per heavy atom. The number of anilines is 1. The normalized spacial score (nSPS) is 12.5. The van der Waals surface area contributed by atoms with Crippen molar-refractivity contribution < 1.29 is 4.55 Å². The third-order valence-corrected chi connectivity index (χ3v) is 7.51. The second kappa shape index (κ2) is 7.90. The van der Waals surface area contributed by atoms with Crippen molar-refractivity contribution in [2.75, 3.05) is 11.5 Å². The summed E-state index contributed by atoms with van der Waals surface area (Å²) in [6.45, 7) is 2.09. The fourth-order valence-electron chi connectivity index (χ4n) is 3.02. The minimum Gasteiger partial charge on any atom is -0.611 e. The van der Waals surface area contributed by atoms with Gasteiger partial charge in [0.2, 0.25) is 4.21 Å². The van der Waals surface area contributed by atoms with Gasteiger partial charge in [-0.1, -0.05) is 55.0 Å². The molecule has 2 N–H and O–H groups in total. The molecule has 6 nitrogen and oxygen atoms in total. The third-order valence-electron chi connectivity index (χ3n) is 4.51. The number of nitrogens with zero attached hydrogens (tertiary/aromatic N) is 4. The molecule has 0 aliphatic heterocycles. The second-order valence-corrected chi connectivity index (χ2v) is 9.28. The topological polar surface area (TPSA) is 92.7 Å². The monoisotopic (exact) mass is 411 g/mol. The molecule has 3 aromatic heterocycles. The largest absolute Gasteiger partial charge is 0.611 e. The summed E-state index contributed by atoms with van der Waals surface area (Å²) in [4.78, 5) is 14.6. The van der Waals surface area contributed by atoms with Gasteiger partial charge in [0.1, 0.15) is 16.3 Å². The molecule has 1 aromatic carbocycles. The zero-order valence-corrected chi connectivity index (χ0v) is 17.4. The fraction of sp³-hybridized carbons (Fsp3) is 0.250. The molecule has 0 spiro atoms. The molecule has 28 heavy (non-hydrogen) atoms. The lowest BCUT2D eigenvalue weighted by Gasteiger charge is -2.09. The van der Waals surface area contributed by atoms with Crippen LogP contribution in [0.5, 0.6) is 0 Å². The Labute approximate surface area is 170 Å². The van der Waals surface area contributed by atoms with Crippen LogP contribution in [0, 0.1) is 0 Å². The van der Waals surface area contributed by atoms with Gasteiger partial charge in [0.05, 0.1) is 11.1 Å². The van der Waals surface area contributed by atoms with Crippen molar-refractivity contribution in [2.45, 2.75) is 24.0 Å². The predicted octanol–water partition coefficient (Wildman–Crippen LogP) is 4.25. The first-order chi connectivity index (χ1) is 13.6. The minimum atomic E-state index is -1.13. The van der Waals surface area contributed by atoms with E-state index in [1.54, 1.807) is 6.20 Å². The number of nitrogens with two attached hydrogens (primary N) is 1. The highest BCUT2D eigenvalue weighted by Gasteiger charge is 2.26. The molecule has 1 atom stereocenters. The van der Waals surface area contributed by atoms with Crippen molar-refractivity contribution in [3.8, 4) is 22.9 Å².